The highest BCUT2D eigenvalue weighted by Gasteiger charge is 2.12. The quantitative estimate of drug-likeness (QED) is 0.515. The standard InChI is InChI=1S/C17H18ClN3O5S/c1-27(25,26)21-15-10-12(4-7-14(15)18)17(24)20-9-8-19-16(23)11-2-5-13(22)6-3-11/h2-7,10,21-22H,8-9H2,1H3,(H,19,23)(H,20,24). The summed E-state index contributed by atoms with van der Waals surface area (Å²) in [5.74, 6) is -0.719. The minimum Gasteiger partial charge on any atom is -0.508 e. The smallest absolute Gasteiger partial charge is 0.251 e. The van der Waals surface area contributed by atoms with E-state index in [0.29, 0.717) is 5.56 Å². The van der Waals surface area contributed by atoms with E-state index < -0.39 is 15.9 Å². The van der Waals surface area contributed by atoms with Crippen LogP contribution in [-0.2, 0) is 10.0 Å². The summed E-state index contributed by atoms with van der Waals surface area (Å²) in [5.41, 5.74) is 0.705. The maximum absolute atomic E-state index is 12.2. The van der Waals surface area contributed by atoms with Crippen molar-refractivity contribution in [2.45, 2.75) is 0 Å². The summed E-state index contributed by atoms with van der Waals surface area (Å²) in [6.07, 6.45) is 0.979. The van der Waals surface area contributed by atoms with Gasteiger partial charge in [0, 0.05) is 24.2 Å². The molecule has 0 aliphatic carbocycles. The Morgan fingerprint density at radius 3 is 2.04 bits per heavy atom. The first kappa shape index (κ1) is 20.5. The van der Waals surface area contributed by atoms with Crippen molar-refractivity contribution in [1.29, 1.82) is 0 Å². The van der Waals surface area contributed by atoms with Crippen molar-refractivity contribution >= 4 is 39.1 Å². The Morgan fingerprint density at radius 2 is 1.48 bits per heavy atom. The van der Waals surface area contributed by atoms with Gasteiger partial charge in [-0.1, -0.05) is 11.6 Å². The summed E-state index contributed by atoms with van der Waals surface area (Å²) in [6.45, 7) is 0.355. The van der Waals surface area contributed by atoms with E-state index in [1.54, 1.807) is 0 Å². The lowest BCUT2D eigenvalue weighted by molar-refractivity contribution is 0.0927. The Morgan fingerprint density at radius 1 is 0.963 bits per heavy atom. The van der Waals surface area contributed by atoms with E-state index >= 15 is 0 Å². The second-order valence-electron chi connectivity index (χ2n) is 5.63. The molecule has 4 N–H and O–H groups in total. The molecule has 0 spiro atoms. The summed E-state index contributed by atoms with van der Waals surface area (Å²) in [5, 5.41) is 14.6. The third-order valence-electron chi connectivity index (χ3n) is 3.35. The van der Waals surface area contributed by atoms with E-state index in [2.05, 4.69) is 15.4 Å². The number of amides is 2. The number of phenols is 1. The topological polar surface area (TPSA) is 125 Å². The summed E-state index contributed by atoms with van der Waals surface area (Å²) >= 11 is 5.91. The molecule has 0 heterocycles. The van der Waals surface area contributed by atoms with Crippen molar-refractivity contribution in [2.24, 2.45) is 0 Å². The molecule has 27 heavy (non-hydrogen) atoms. The van der Waals surface area contributed by atoms with Crippen LogP contribution in [0.1, 0.15) is 20.7 Å². The minimum atomic E-state index is -3.53. The Hall–Kier alpha value is -2.78. The lowest BCUT2D eigenvalue weighted by Gasteiger charge is -2.10. The van der Waals surface area contributed by atoms with Gasteiger partial charge in [0.15, 0.2) is 0 Å². The molecule has 2 aromatic carbocycles. The van der Waals surface area contributed by atoms with E-state index in [0.717, 1.165) is 6.26 Å². The highest BCUT2D eigenvalue weighted by molar-refractivity contribution is 7.92. The molecule has 2 rings (SSSR count). The third-order valence-corrected chi connectivity index (χ3v) is 4.27. The number of rotatable bonds is 7. The first-order valence-corrected chi connectivity index (χ1v) is 10.1. The van der Waals surface area contributed by atoms with Gasteiger partial charge in [-0.2, -0.15) is 0 Å². The Bertz CT molecular complexity index is 946. The molecule has 2 amide bonds. The van der Waals surface area contributed by atoms with Crippen molar-refractivity contribution in [3.8, 4) is 5.75 Å². The molecule has 0 fully saturated rings. The molecule has 10 heteroatoms. The van der Waals surface area contributed by atoms with Gasteiger partial charge in [-0.15, -0.1) is 0 Å². The maximum Gasteiger partial charge on any atom is 0.251 e. The van der Waals surface area contributed by atoms with Crippen LogP contribution in [0.2, 0.25) is 5.02 Å². The van der Waals surface area contributed by atoms with E-state index in [-0.39, 0.29) is 41.0 Å². The van der Waals surface area contributed by atoms with Gasteiger partial charge >= 0.3 is 0 Å². The number of aromatic hydroxyl groups is 1. The molecular formula is C17H18ClN3O5S. The molecule has 0 unspecified atom stereocenters. The predicted molar refractivity (Wildman–Crippen MR) is 103 cm³/mol. The Labute approximate surface area is 161 Å². The summed E-state index contributed by atoms with van der Waals surface area (Å²) in [6, 6.07) is 9.96. The molecule has 0 aliphatic heterocycles. The maximum atomic E-state index is 12.2. The second-order valence-corrected chi connectivity index (χ2v) is 7.78. The zero-order valence-corrected chi connectivity index (χ0v) is 15.9. The average molecular weight is 412 g/mol. The van der Waals surface area contributed by atoms with Crippen LogP contribution in [0, 0.1) is 0 Å². The number of hydrogen-bond donors (Lipinski definition) is 4. The lowest BCUT2D eigenvalue weighted by Crippen LogP contribution is -2.34. The number of carbonyl (C=O) groups is 2. The van der Waals surface area contributed by atoms with Crippen molar-refractivity contribution in [2.75, 3.05) is 24.1 Å². The van der Waals surface area contributed by atoms with Crippen LogP contribution in [-0.4, -0.2) is 44.7 Å². The lowest BCUT2D eigenvalue weighted by atomic mass is 10.2. The fourth-order valence-electron chi connectivity index (χ4n) is 2.11. The fraction of sp³-hybridized carbons (Fsp3) is 0.176. The van der Waals surface area contributed by atoms with E-state index in [1.807, 2.05) is 0 Å². The normalized spacial score (nSPS) is 10.9. The zero-order chi connectivity index (χ0) is 20.0. The van der Waals surface area contributed by atoms with Gasteiger partial charge in [-0.05, 0) is 42.5 Å². The molecule has 0 atom stereocenters. The van der Waals surface area contributed by atoms with Gasteiger partial charge in [0.25, 0.3) is 11.8 Å². The molecule has 0 saturated heterocycles. The second kappa shape index (κ2) is 8.74. The summed E-state index contributed by atoms with van der Waals surface area (Å²) in [4.78, 5) is 24.1. The number of nitrogens with one attached hydrogen (secondary N) is 3. The molecule has 2 aromatic rings. The van der Waals surface area contributed by atoms with Gasteiger partial charge in [0.1, 0.15) is 5.75 Å². The first-order valence-electron chi connectivity index (χ1n) is 7.78. The number of anilines is 1. The molecule has 0 aromatic heterocycles. The Kier molecular flexibility index (Phi) is 6.65. The highest BCUT2D eigenvalue weighted by Crippen LogP contribution is 2.23. The van der Waals surface area contributed by atoms with Gasteiger partial charge in [-0.25, -0.2) is 8.42 Å². The van der Waals surface area contributed by atoms with Crippen LogP contribution in [0.3, 0.4) is 0 Å². The van der Waals surface area contributed by atoms with Crippen LogP contribution in [0.15, 0.2) is 42.5 Å². The number of benzene rings is 2. The van der Waals surface area contributed by atoms with Crippen LogP contribution < -0.4 is 15.4 Å². The molecule has 8 nitrogen and oxygen atoms in total. The van der Waals surface area contributed by atoms with Crippen LogP contribution in [0.4, 0.5) is 5.69 Å². The predicted octanol–water partition coefficient (Wildman–Crippen LogP) is 1.58. The molecule has 0 bridgehead atoms. The molecule has 144 valence electrons. The van der Waals surface area contributed by atoms with E-state index in [9.17, 15) is 23.1 Å². The number of sulfonamides is 1. The average Bonchev–Trinajstić information content (AvgIpc) is 2.59. The number of halogens is 1. The highest BCUT2D eigenvalue weighted by atomic mass is 35.5. The number of hydrogen-bond acceptors (Lipinski definition) is 5. The van der Waals surface area contributed by atoms with Gasteiger partial charge < -0.3 is 15.7 Å². The SMILES string of the molecule is CS(=O)(=O)Nc1cc(C(=O)NCCNC(=O)c2ccc(O)cc2)ccc1Cl. The first-order chi connectivity index (χ1) is 12.7. The summed E-state index contributed by atoms with van der Waals surface area (Å²) < 4.78 is 24.9. The van der Waals surface area contributed by atoms with Crippen LogP contribution in [0.25, 0.3) is 0 Å². The zero-order valence-electron chi connectivity index (χ0n) is 14.3. The van der Waals surface area contributed by atoms with E-state index in [4.69, 9.17) is 11.6 Å². The molecular weight excluding hydrogens is 394 g/mol. The molecule has 0 aliphatic rings. The molecule has 0 saturated carbocycles. The molecule has 0 radical (unpaired) electrons. The summed E-state index contributed by atoms with van der Waals surface area (Å²) in [7, 11) is -3.53. The number of phenolic OH excluding ortho intramolecular Hbond substituents is 1. The van der Waals surface area contributed by atoms with Crippen LogP contribution in [0.5, 0.6) is 5.75 Å². The van der Waals surface area contributed by atoms with Gasteiger partial charge in [-0.3, -0.25) is 14.3 Å². The van der Waals surface area contributed by atoms with Crippen molar-refractivity contribution in [3.63, 3.8) is 0 Å². The van der Waals surface area contributed by atoms with Crippen LogP contribution >= 0.6 is 11.6 Å². The van der Waals surface area contributed by atoms with Crippen molar-refractivity contribution < 1.29 is 23.1 Å². The minimum absolute atomic E-state index is 0.0616. The Balaban J connectivity index is 1.87. The van der Waals surface area contributed by atoms with Crippen molar-refractivity contribution in [1.82, 2.24) is 10.6 Å². The number of carbonyl (C=O) groups excluding carboxylic acids is 2. The van der Waals surface area contributed by atoms with Gasteiger partial charge in [0.2, 0.25) is 10.0 Å². The van der Waals surface area contributed by atoms with Gasteiger partial charge in [0.05, 0.1) is 17.0 Å². The van der Waals surface area contributed by atoms with E-state index in [1.165, 1.54) is 42.5 Å². The third kappa shape index (κ3) is 6.46. The fourth-order valence-corrected chi connectivity index (χ4v) is 2.90. The monoisotopic (exact) mass is 411 g/mol. The van der Waals surface area contributed by atoms with Crippen molar-refractivity contribution in [3.05, 3.63) is 58.6 Å². The largest absolute Gasteiger partial charge is 0.508 e.